The van der Waals surface area contributed by atoms with Crippen LogP contribution in [0.25, 0.3) is 0 Å². The maximum Gasteiger partial charge on any atom is 0.244 e. The normalized spacial score (nSPS) is 29.9. The van der Waals surface area contributed by atoms with Crippen molar-refractivity contribution in [3.8, 4) is 0 Å². The molecule has 2 fully saturated rings. The first-order valence-electron chi connectivity index (χ1n) is 7.69. The van der Waals surface area contributed by atoms with Gasteiger partial charge in [0.25, 0.3) is 0 Å². The van der Waals surface area contributed by atoms with Gasteiger partial charge in [-0.3, -0.25) is 5.10 Å². The Labute approximate surface area is 120 Å². The largest absolute Gasteiger partial charge is 0.378 e. The van der Waals surface area contributed by atoms with Crippen molar-refractivity contribution in [1.29, 1.82) is 0 Å². The van der Waals surface area contributed by atoms with E-state index in [4.69, 9.17) is 10.5 Å². The lowest BCUT2D eigenvalue weighted by Crippen LogP contribution is -2.40. The molecule has 3 heterocycles. The number of rotatable bonds is 3. The van der Waals surface area contributed by atoms with Crippen molar-refractivity contribution in [2.24, 2.45) is 11.7 Å². The molecule has 112 valence electrons. The molecule has 0 aliphatic carbocycles. The van der Waals surface area contributed by atoms with Crippen molar-refractivity contribution in [2.75, 3.05) is 24.6 Å². The van der Waals surface area contributed by atoms with Gasteiger partial charge in [-0.2, -0.15) is 4.98 Å². The summed E-state index contributed by atoms with van der Waals surface area (Å²) in [5, 5.41) is 7.49. The zero-order valence-electron chi connectivity index (χ0n) is 12.4. The van der Waals surface area contributed by atoms with Crippen molar-refractivity contribution < 1.29 is 4.74 Å². The van der Waals surface area contributed by atoms with Crippen molar-refractivity contribution in [1.82, 2.24) is 15.2 Å². The van der Waals surface area contributed by atoms with E-state index in [9.17, 15) is 0 Å². The molecule has 6 nitrogen and oxygen atoms in total. The lowest BCUT2D eigenvalue weighted by Gasteiger charge is -2.32. The number of nitrogens with one attached hydrogen (secondary N) is 1. The molecule has 2 aliphatic heterocycles. The smallest absolute Gasteiger partial charge is 0.244 e. The number of aromatic amines is 1. The highest BCUT2D eigenvalue weighted by Crippen LogP contribution is 2.30. The van der Waals surface area contributed by atoms with E-state index in [1.54, 1.807) is 0 Å². The van der Waals surface area contributed by atoms with E-state index in [2.05, 4.69) is 33.9 Å². The fourth-order valence-corrected chi connectivity index (χ4v) is 3.29. The summed E-state index contributed by atoms with van der Waals surface area (Å²) in [7, 11) is 0. The summed E-state index contributed by atoms with van der Waals surface area (Å²) in [6.45, 7) is 7.03. The van der Waals surface area contributed by atoms with E-state index < -0.39 is 0 Å². The summed E-state index contributed by atoms with van der Waals surface area (Å²) in [5.41, 5.74) is 5.98. The van der Waals surface area contributed by atoms with Crippen LogP contribution in [0.15, 0.2) is 0 Å². The van der Waals surface area contributed by atoms with E-state index >= 15 is 0 Å². The van der Waals surface area contributed by atoms with Crippen LogP contribution in [0.5, 0.6) is 0 Å². The standard InChI is InChI=1S/C14H25N5O/c1-9(15)11-3-6-19(7-4-11)14-16-13(17-18-14)12-5-8-20-10(12)2/h9-12H,3-8,15H2,1-2H3,(H,16,17,18). The molecule has 0 spiro atoms. The van der Waals surface area contributed by atoms with Crippen LogP contribution in [0.4, 0.5) is 5.95 Å². The fourth-order valence-electron chi connectivity index (χ4n) is 3.29. The molecule has 0 aromatic carbocycles. The van der Waals surface area contributed by atoms with Gasteiger partial charge < -0.3 is 15.4 Å². The van der Waals surface area contributed by atoms with Gasteiger partial charge in [0, 0.05) is 31.7 Å². The summed E-state index contributed by atoms with van der Waals surface area (Å²) in [4.78, 5) is 6.95. The molecule has 3 unspecified atom stereocenters. The van der Waals surface area contributed by atoms with Crippen molar-refractivity contribution >= 4 is 5.95 Å². The summed E-state index contributed by atoms with van der Waals surface area (Å²) < 4.78 is 5.60. The second-order valence-corrected chi connectivity index (χ2v) is 6.18. The van der Waals surface area contributed by atoms with Gasteiger partial charge in [-0.1, -0.05) is 0 Å². The Hall–Kier alpha value is -1.14. The summed E-state index contributed by atoms with van der Waals surface area (Å²) in [5.74, 6) is 2.80. The quantitative estimate of drug-likeness (QED) is 0.870. The number of hydrogen-bond donors (Lipinski definition) is 2. The van der Waals surface area contributed by atoms with Crippen LogP contribution >= 0.6 is 0 Å². The Balaban J connectivity index is 1.63. The van der Waals surface area contributed by atoms with Gasteiger partial charge in [-0.25, -0.2) is 0 Å². The van der Waals surface area contributed by atoms with Crippen molar-refractivity contribution in [3.63, 3.8) is 0 Å². The first-order valence-corrected chi connectivity index (χ1v) is 7.69. The molecule has 0 radical (unpaired) electrons. The first kappa shape index (κ1) is 13.8. The van der Waals surface area contributed by atoms with Crippen LogP contribution in [0, 0.1) is 5.92 Å². The number of nitrogens with zero attached hydrogens (tertiary/aromatic N) is 3. The van der Waals surface area contributed by atoms with Gasteiger partial charge in [-0.15, -0.1) is 5.10 Å². The van der Waals surface area contributed by atoms with Crippen LogP contribution in [-0.2, 0) is 4.74 Å². The maximum absolute atomic E-state index is 5.98. The Morgan fingerprint density at radius 3 is 2.70 bits per heavy atom. The minimum Gasteiger partial charge on any atom is -0.378 e. The third kappa shape index (κ3) is 2.67. The number of piperidine rings is 1. The third-order valence-electron chi connectivity index (χ3n) is 4.78. The van der Waals surface area contributed by atoms with E-state index in [-0.39, 0.29) is 12.1 Å². The summed E-state index contributed by atoms with van der Waals surface area (Å²) in [6.07, 6.45) is 3.52. The average molecular weight is 279 g/mol. The predicted octanol–water partition coefficient (Wildman–Crippen LogP) is 1.26. The number of H-pyrrole nitrogens is 1. The Bertz CT molecular complexity index is 439. The molecule has 0 bridgehead atoms. The minimum atomic E-state index is 0.236. The Morgan fingerprint density at radius 2 is 2.10 bits per heavy atom. The lowest BCUT2D eigenvalue weighted by molar-refractivity contribution is 0.117. The van der Waals surface area contributed by atoms with E-state index in [1.807, 2.05) is 0 Å². The van der Waals surface area contributed by atoms with E-state index in [1.165, 1.54) is 0 Å². The van der Waals surface area contributed by atoms with Crippen LogP contribution in [0.2, 0.25) is 0 Å². The molecular formula is C14H25N5O. The highest BCUT2D eigenvalue weighted by atomic mass is 16.5. The Morgan fingerprint density at radius 1 is 1.35 bits per heavy atom. The number of aromatic nitrogens is 3. The molecule has 6 heteroatoms. The van der Waals surface area contributed by atoms with Crippen LogP contribution < -0.4 is 10.6 Å². The van der Waals surface area contributed by atoms with Crippen LogP contribution in [0.3, 0.4) is 0 Å². The molecule has 20 heavy (non-hydrogen) atoms. The molecule has 3 N–H and O–H groups in total. The summed E-state index contributed by atoms with van der Waals surface area (Å²) in [6, 6.07) is 0.288. The zero-order valence-corrected chi connectivity index (χ0v) is 12.4. The van der Waals surface area contributed by atoms with Gasteiger partial charge in [0.05, 0.1) is 6.10 Å². The summed E-state index contributed by atoms with van der Waals surface area (Å²) >= 11 is 0. The topological polar surface area (TPSA) is 80.1 Å². The SMILES string of the molecule is CC(N)C1CCN(c2n[nH]c(C3CCOC3C)n2)CC1. The predicted molar refractivity (Wildman–Crippen MR) is 77.7 cm³/mol. The van der Waals surface area contributed by atoms with Gasteiger partial charge in [0.1, 0.15) is 5.82 Å². The van der Waals surface area contributed by atoms with Crippen molar-refractivity contribution in [2.45, 2.75) is 51.2 Å². The molecule has 2 saturated heterocycles. The molecule has 0 saturated carbocycles. The van der Waals surface area contributed by atoms with Gasteiger partial charge >= 0.3 is 0 Å². The minimum absolute atomic E-state index is 0.236. The molecule has 3 atom stereocenters. The monoisotopic (exact) mass is 279 g/mol. The van der Waals surface area contributed by atoms with Gasteiger partial charge in [-0.05, 0) is 39.0 Å². The highest BCUT2D eigenvalue weighted by Gasteiger charge is 2.30. The molecule has 0 amide bonds. The molecule has 1 aromatic rings. The number of hydrogen-bond acceptors (Lipinski definition) is 5. The second kappa shape index (κ2) is 5.69. The number of anilines is 1. The lowest BCUT2D eigenvalue weighted by atomic mass is 9.91. The Kier molecular flexibility index (Phi) is 3.94. The second-order valence-electron chi connectivity index (χ2n) is 6.18. The van der Waals surface area contributed by atoms with E-state index in [0.717, 1.165) is 50.7 Å². The molecular weight excluding hydrogens is 254 g/mol. The van der Waals surface area contributed by atoms with E-state index in [0.29, 0.717) is 11.8 Å². The third-order valence-corrected chi connectivity index (χ3v) is 4.78. The average Bonchev–Trinajstić information content (AvgIpc) is 3.07. The maximum atomic E-state index is 5.98. The number of ether oxygens (including phenoxy) is 1. The van der Waals surface area contributed by atoms with Gasteiger partial charge in [0.15, 0.2) is 0 Å². The fraction of sp³-hybridized carbons (Fsp3) is 0.857. The molecule has 2 aliphatic rings. The van der Waals surface area contributed by atoms with Gasteiger partial charge in [0.2, 0.25) is 5.95 Å². The van der Waals surface area contributed by atoms with Crippen molar-refractivity contribution in [3.05, 3.63) is 5.82 Å². The van der Waals surface area contributed by atoms with Crippen LogP contribution in [0.1, 0.15) is 44.9 Å². The highest BCUT2D eigenvalue weighted by molar-refractivity contribution is 5.30. The number of nitrogens with two attached hydrogens (primary N) is 1. The zero-order chi connectivity index (χ0) is 14.1. The molecule has 3 rings (SSSR count). The van der Waals surface area contributed by atoms with Crippen LogP contribution in [-0.4, -0.2) is 47.0 Å². The molecule has 1 aromatic heterocycles. The first-order chi connectivity index (χ1) is 9.65.